The van der Waals surface area contributed by atoms with Crippen LogP contribution in [0.2, 0.25) is 36.3 Å². The van der Waals surface area contributed by atoms with Crippen molar-refractivity contribution in [1.29, 1.82) is 0 Å². The summed E-state index contributed by atoms with van der Waals surface area (Å²) in [7, 11) is -3.92. The fourth-order valence-corrected chi connectivity index (χ4v) is 11.1. The van der Waals surface area contributed by atoms with Crippen molar-refractivity contribution in [3.63, 3.8) is 0 Å². The van der Waals surface area contributed by atoms with Gasteiger partial charge in [0, 0.05) is 12.3 Å². The van der Waals surface area contributed by atoms with Gasteiger partial charge in [0.15, 0.2) is 22.4 Å². The molecule has 0 spiro atoms. The summed E-state index contributed by atoms with van der Waals surface area (Å²) in [5, 5.41) is 0.319. The zero-order chi connectivity index (χ0) is 33.8. The van der Waals surface area contributed by atoms with Crippen LogP contribution in [0.4, 0.5) is 0 Å². The maximum absolute atomic E-state index is 12.7. The summed E-state index contributed by atoms with van der Waals surface area (Å²) in [4.78, 5) is 12.7. The van der Waals surface area contributed by atoms with E-state index in [9.17, 15) is 4.79 Å². The standard InChI is InChI=1S/C40H68O3Si2/c1-27-17-18-32(37(27)41)24-28(2)34-21-22-35-30(16-15-23-40(34,35)10)19-20-31-25-33(42-44(11,12)38(4,5)6)26-36(29(31)3)43-45(13,14)39(7,8)9/h19-20,24,27-28,33-36H,3,15-18,21-23,25-26H2,1-2,4-14H3/b30-19+,31-20-,32-24+/t27?,28?,33-,34-,35?,36+,40-/m1/s1. The van der Waals surface area contributed by atoms with Gasteiger partial charge in [-0.05, 0) is 128 Å². The third-order valence-corrected chi connectivity index (χ3v) is 22.5. The van der Waals surface area contributed by atoms with Crippen LogP contribution in [0.15, 0.2) is 47.1 Å². The second-order valence-corrected chi connectivity index (χ2v) is 28.2. The molecule has 0 radical (unpaired) electrons. The van der Waals surface area contributed by atoms with Gasteiger partial charge >= 0.3 is 0 Å². The van der Waals surface area contributed by atoms with Gasteiger partial charge < -0.3 is 8.85 Å². The Balaban J connectivity index is 1.60. The Hall–Kier alpha value is -1.02. The highest BCUT2D eigenvalue weighted by Gasteiger charge is 2.51. The van der Waals surface area contributed by atoms with Crippen molar-refractivity contribution in [3.05, 3.63) is 47.1 Å². The Morgan fingerprint density at radius 2 is 1.53 bits per heavy atom. The van der Waals surface area contributed by atoms with Gasteiger partial charge in [0.2, 0.25) is 0 Å². The maximum Gasteiger partial charge on any atom is 0.192 e. The van der Waals surface area contributed by atoms with Crippen molar-refractivity contribution < 1.29 is 13.6 Å². The molecule has 4 saturated carbocycles. The van der Waals surface area contributed by atoms with E-state index in [1.807, 2.05) is 0 Å². The molecule has 0 saturated heterocycles. The third kappa shape index (κ3) is 7.68. The minimum absolute atomic E-state index is 0.0152. The molecule has 4 fully saturated rings. The second kappa shape index (κ2) is 13.1. The quantitative estimate of drug-likeness (QED) is 0.203. The zero-order valence-electron chi connectivity index (χ0n) is 31.5. The summed E-state index contributed by atoms with van der Waals surface area (Å²) in [5.41, 5.74) is 5.54. The van der Waals surface area contributed by atoms with E-state index in [0.29, 0.717) is 29.0 Å². The highest BCUT2D eigenvalue weighted by atomic mass is 28.4. The SMILES string of the molecule is C=C1/C(=C\C=C2/CCC[C@@]3(C)C2CC[C@@H]3C(C)/C=C2\CCC(C)C2=O)C[C@@H](O[Si](C)(C)C(C)(C)C)C[C@@H]1O[Si](C)(C)C(C)(C)C. The number of hydrogen-bond donors (Lipinski definition) is 0. The van der Waals surface area contributed by atoms with Gasteiger partial charge in [0.1, 0.15) is 0 Å². The lowest BCUT2D eigenvalue weighted by Gasteiger charge is -2.45. The van der Waals surface area contributed by atoms with E-state index in [0.717, 1.165) is 31.3 Å². The molecule has 0 aromatic carbocycles. The maximum atomic E-state index is 12.7. The van der Waals surface area contributed by atoms with E-state index >= 15 is 0 Å². The van der Waals surface area contributed by atoms with E-state index in [-0.39, 0.29) is 28.2 Å². The molecule has 0 aromatic heterocycles. The number of carbonyl (C=O) groups is 1. The smallest absolute Gasteiger partial charge is 0.192 e. The van der Waals surface area contributed by atoms with Gasteiger partial charge in [-0.3, -0.25) is 4.79 Å². The lowest BCUT2D eigenvalue weighted by molar-refractivity contribution is -0.117. The van der Waals surface area contributed by atoms with Gasteiger partial charge in [0.25, 0.3) is 0 Å². The molecule has 0 bridgehead atoms. The van der Waals surface area contributed by atoms with Crippen molar-refractivity contribution >= 4 is 22.4 Å². The normalized spacial score (nSPS) is 35.5. The molecule has 254 valence electrons. The first-order valence-electron chi connectivity index (χ1n) is 18.3. The third-order valence-electron chi connectivity index (χ3n) is 13.5. The van der Waals surface area contributed by atoms with E-state index in [1.165, 1.54) is 43.3 Å². The van der Waals surface area contributed by atoms with E-state index in [4.69, 9.17) is 8.85 Å². The van der Waals surface area contributed by atoms with Gasteiger partial charge in [-0.15, -0.1) is 0 Å². The highest BCUT2D eigenvalue weighted by Crippen LogP contribution is 2.60. The Morgan fingerprint density at radius 3 is 2.11 bits per heavy atom. The van der Waals surface area contributed by atoms with Crippen LogP contribution in [0.3, 0.4) is 0 Å². The summed E-state index contributed by atoms with van der Waals surface area (Å²) in [6.45, 7) is 35.2. The Kier molecular flexibility index (Phi) is 10.7. The van der Waals surface area contributed by atoms with E-state index in [2.05, 4.69) is 113 Å². The van der Waals surface area contributed by atoms with E-state index < -0.39 is 16.6 Å². The first kappa shape index (κ1) is 36.8. The molecule has 0 aromatic rings. The number of ketones is 1. The number of fused-ring (bicyclic) bond motifs is 1. The van der Waals surface area contributed by atoms with Gasteiger partial charge in [-0.25, -0.2) is 0 Å². The monoisotopic (exact) mass is 652 g/mol. The minimum Gasteiger partial charge on any atom is -0.413 e. The Labute approximate surface area is 280 Å². The molecule has 3 nitrogen and oxygen atoms in total. The molecule has 0 amide bonds. The van der Waals surface area contributed by atoms with Gasteiger partial charge in [-0.1, -0.05) is 92.7 Å². The molecule has 4 aliphatic carbocycles. The van der Waals surface area contributed by atoms with Crippen LogP contribution < -0.4 is 0 Å². The molecule has 7 atom stereocenters. The summed E-state index contributed by atoms with van der Waals surface area (Å²) >= 11 is 0. The van der Waals surface area contributed by atoms with Crippen LogP contribution in [0.5, 0.6) is 0 Å². The first-order chi connectivity index (χ1) is 20.6. The van der Waals surface area contributed by atoms with Crippen LogP contribution >= 0.6 is 0 Å². The predicted molar refractivity (Wildman–Crippen MR) is 198 cm³/mol. The molecular weight excluding hydrogens is 585 g/mol. The van der Waals surface area contributed by atoms with Crippen LogP contribution in [-0.2, 0) is 13.6 Å². The molecule has 3 unspecified atom stereocenters. The van der Waals surface area contributed by atoms with Crippen LogP contribution in [0.1, 0.15) is 120 Å². The molecule has 4 rings (SSSR count). The summed E-state index contributed by atoms with van der Waals surface area (Å²) in [6, 6.07) is 0. The van der Waals surface area contributed by atoms with Crippen molar-refractivity contribution in [1.82, 2.24) is 0 Å². The number of allylic oxidation sites excluding steroid dienone is 5. The molecule has 45 heavy (non-hydrogen) atoms. The minimum atomic E-state index is -1.99. The average molecular weight is 653 g/mol. The zero-order valence-corrected chi connectivity index (χ0v) is 33.5. The lowest BCUT2D eigenvalue weighted by Crippen LogP contribution is -2.49. The van der Waals surface area contributed by atoms with Crippen molar-refractivity contribution in [2.24, 2.45) is 29.1 Å². The fourth-order valence-electron chi connectivity index (χ4n) is 8.45. The summed E-state index contributed by atoms with van der Waals surface area (Å²) < 4.78 is 14.2. The van der Waals surface area contributed by atoms with Gasteiger partial charge in [-0.2, -0.15) is 0 Å². The van der Waals surface area contributed by atoms with Crippen molar-refractivity contribution in [2.45, 2.75) is 169 Å². The molecule has 4 aliphatic rings. The predicted octanol–water partition coefficient (Wildman–Crippen LogP) is 11.7. The van der Waals surface area contributed by atoms with Crippen molar-refractivity contribution in [3.8, 4) is 0 Å². The Bertz CT molecular complexity index is 1220. The summed E-state index contributed by atoms with van der Waals surface area (Å²) in [6.07, 6.45) is 17.6. The largest absolute Gasteiger partial charge is 0.413 e. The first-order valence-corrected chi connectivity index (χ1v) is 24.1. The van der Waals surface area contributed by atoms with Crippen LogP contribution in [0.25, 0.3) is 0 Å². The summed E-state index contributed by atoms with van der Waals surface area (Å²) in [5.74, 6) is 2.34. The fraction of sp³-hybridized carbons (Fsp3) is 0.775. The number of carbonyl (C=O) groups excluding carboxylic acids is 1. The second-order valence-electron chi connectivity index (χ2n) is 18.7. The average Bonchev–Trinajstić information content (AvgIpc) is 3.42. The Morgan fingerprint density at radius 1 is 0.911 bits per heavy atom. The number of rotatable bonds is 7. The van der Waals surface area contributed by atoms with Crippen molar-refractivity contribution in [2.75, 3.05) is 0 Å². The lowest BCUT2D eigenvalue weighted by atomic mass is 9.61. The van der Waals surface area contributed by atoms with Gasteiger partial charge in [0.05, 0.1) is 12.2 Å². The highest BCUT2D eigenvalue weighted by molar-refractivity contribution is 6.74. The van der Waals surface area contributed by atoms with Crippen LogP contribution in [0, 0.1) is 29.1 Å². The molecule has 5 heteroatoms. The molecule has 0 heterocycles. The number of hydrogen-bond acceptors (Lipinski definition) is 3. The molecular formula is C40H68O3Si2. The molecule has 0 aliphatic heterocycles. The number of Topliss-reactive ketones (excluding diaryl/α,β-unsaturated/α-hetero) is 1. The topological polar surface area (TPSA) is 35.5 Å². The van der Waals surface area contributed by atoms with Crippen LogP contribution in [-0.4, -0.2) is 34.6 Å². The molecule has 0 N–H and O–H groups in total. The van der Waals surface area contributed by atoms with E-state index in [1.54, 1.807) is 5.57 Å².